The second-order valence-electron chi connectivity index (χ2n) is 2.62. The molecule has 0 radical (unpaired) electrons. The van der Waals surface area contributed by atoms with E-state index >= 15 is 0 Å². The Balaban J connectivity index is 2.66. The summed E-state index contributed by atoms with van der Waals surface area (Å²) in [4.78, 5) is 4.17. The molecule has 0 amide bonds. The number of nitrogen functional groups attached to an aromatic ring is 1. The summed E-state index contributed by atoms with van der Waals surface area (Å²) in [6.45, 7) is 2.13. The van der Waals surface area contributed by atoms with Crippen LogP contribution in [0, 0.1) is 0 Å². The normalized spacial score (nSPS) is 13.2. The van der Waals surface area contributed by atoms with Crippen LogP contribution in [0.5, 0.6) is 0 Å². The minimum absolute atomic E-state index is 0.114. The number of thiazole rings is 1. The summed E-state index contributed by atoms with van der Waals surface area (Å²) in [6.07, 6.45) is 2.21. The quantitative estimate of drug-likeness (QED) is 0.784. The summed E-state index contributed by atoms with van der Waals surface area (Å²) in [5.41, 5.74) is 6.48. The zero-order valence-corrected chi connectivity index (χ0v) is 8.23. The van der Waals surface area contributed by atoms with Crippen molar-refractivity contribution in [2.24, 2.45) is 0 Å². The molecule has 0 aliphatic carbocycles. The van der Waals surface area contributed by atoms with Crippen molar-refractivity contribution in [2.75, 3.05) is 12.8 Å². The number of nitrogens with two attached hydrogens (primary N) is 1. The standard InChI is InChI=1S/C8H14N2OS/c1-3-4-7(11-2)6-5-12-8(9)10-6/h5,7H,3-4H2,1-2H3,(H2,9,10). The van der Waals surface area contributed by atoms with Crippen LogP contribution in [-0.4, -0.2) is 12.1 Å². The van der Waals surface area contributed by atoms with Crippen molar-refractivity contribution in [3.05, 3.63) is 11.1 Å². The minimum atomic E-state index is 0.114. The average molecular weight is 186 g/mol. The topological polar surface area (TPSA) is 48.1 Å². The molecule has 1 aromatic rings. The van der Waals surface area contributed by atoms with Crippen molar-refractivity contribution >= 4 is 16.5 Å². The summed E-state index contributed by atoms with van der Waals surface area (Å²) >= 11 is 1.46. The molecule has 0 saturated heterocycles. The monoisotopic (exact) mass is 186 g/mol. The van der Waals surface area contributed by atoms with Crippen molar-refractivity contribution < 1.29 is 4.74 Å². The Labute approximate surface area is 76.6 Å². The van der Waals surface area contributed by atoms with Crippen molar-refractivity contribution in [2.45, 2.75) is 25.9 Å². The molecule has 0 fully saturated rings. The molecule has 1 atom stereocenters. The molecule has 12 heavy (non-hydrogen) atoms. The highest BCUT2D eigenvalue weighted by Crippen LogP contribution is 2.24. The third-order valence-electron chi connectivity index (χ3n) is 1.70. The van der Waals surface area contributed by atoms with Crippen molar-refractivity contribution in [3.63, 3.8) is 0 Å². The largest absolute Gasteiger partial charge is 0.375 e. The summed E-state index contributed by atoms with van der Waals surface area (Å²) in [5, 5.41) is 2.57. The van der Waals surface area contributed by atoms with E-state index in [-0.39, 0.29) is 6.10 Å². The lowest BCUT2D eigenvalue weighted by molar-refractivity contribution is 0.0921. The summed E-state index contributed by atoms with van der Waals surface area (Å²) < 4.78 is 5.28. The van der Waals surface area contributed by atoms with E-state index in [1.165, 1.54) is 11.3 Å². The maximum atomic E-state index is 5.52. The summed E-state index contributed by atoms with van der Waals surface area (Å²) in [7, 11) is 1.70. The summed E-state index contributed by atoms with van der Waals surface area (Å²) in [5.74, 6) is 0. The van der Waals surface area contributed by atoms with E-state index in [0.29, 0.717) is 5.13 Å². The van der Waals surface area contributed by atoms with Gasteiger partial charge in [-0.3, -0.25) is 0 Å². The number of rotatable bonds is 4. The zero-order valence-electron chi connectivity index (χ0n) is 7.41. The first-order valence-corrected chi connectivity index (χ1v) is 4.89. The van der Waals surface area contributed by atoms with E-state index in [9.17, 15) is 0 Å². The highest BCUT2D eigenvalue weighted by atomic mass is 32.1. The summed E-state index contributed by atoms with van der Waals surface area (Å²) in [6, 6.07) is 0. The molecule has 0 aromatic carbocycles. The minimum Gasteiger partial charge on any atom is -0.375 e. The Bertz CT molecular complexity index is 237. The van der Waals surface area contributed by atoms with Gasteiger partial charge in [-0.25, -0.2) is 4.98 Å². The Hall–Kier alpha value is -0.610. The number of nitrogens with zero attached hydrogens (tertiary/aromatic N) is 1. The van der Waals surface area contributed by atoms with Crippen LogP contribution in [0.3, 0.4) is 0 Å². The fourth-order valence-electron chi connectivity index (χ4n) is 1.10. The molecule has 1 unspecified atom stereocenters. The van der Waals surface area contributed by atoms with Crippen molar-refractivity contribution in [3.8, 4) is 0 Å². The fourth-order valence-corrected chi connectivity index (χ4v) is 1.70. The van der Waals surface area contributed by atoms with Crippen molar-refractivity contribution in [1.82, 2.24) is 4.98 Å². The van der Waals surface area contributed by atoms with E-state index < -0.39 is 0 Å². The van der Waals surface area contributed by atoms with E-state index in [0.717, 1.165) is 18.5 Å². The molecule has 4 heteroatoms. The molecule has 1 aromatic heterocycles. The van der Waals surface area contributed by atoms with Crippen LogP contribution in [0.15, 0.2) is 5.38 Å². The van der Waals surface area contributed by atoms with Crippen LogP contribution >= 0.6 is 11.3 Å². The molecule has 0 spiro atoms. The molecule has 1 rings (SSSR count). The fraction of sp³-hybridized carbons (Fsp3) is 0.625. The van der Waals surface area contributed by atoms with Crippen LogP contribution < -0.4 is 5.73 Å². The number of aromatic nitrogens is 1. The van der Waals surface area contributed by atoms with Crippen LogP contribution in [0.25, 0.3) is 0 Å². The smallest absolute Gasteiger partial charge is 0.180 e. The predicted octanol–water partition coefficient (Wildman–Crippen LogP) is 2.21. The van der Waals surface area contributed by atoms with Gasteiger partial charge in [-0.1, -0.05) is 13.3 Å². The molecule has 0 aliphatic rings. The third-order valence-corrected chi connectivity index (χ3v) is 2.40. The predicted molar refractivity (Wildman–Crippen MR) is 51.2 cm³/mol. The maximum Gasteiger partial charge on any atom is 0.180 e. The molecule has 1 heterocycles. The highest BCUT2D eigenvalue weighted by Gasteiger charge is 2.11. The van der Waals surface area contributed by atoms with Gasteiger partial charge in [-0.05, 0) is 6.42 Å². The number of hydrogen-bond acceptors (Lipinski definition) is 4. The van der Waals surface area contributed by atoms with Crippen LogP contribution in [0.1, 0.15) is 31.6 Å². The Morgan fingerprint density at radius 1 is 1.75 bits per heavy atom. The number of methoxy groups -OCH3 is 1. The first-order chi connectivity index (χ1) is 5.77. The van der Waals surface area contributed by atoms with E-state index in [1.54, 1.807) is 7.11 Å². The molecule has 2 N–H and O–H groups in total. The second kappa shape index (κ2) is 4.42. The Kier molecular flexibility index (Phi) is 3.49. The van der Waals surface area contributed by atoms with Gasteiger partial charge in [0.25, 0.3) is 0 Å². The van der Waals surface area contributed by atoms with E-state index in [1.807, 2.05) is 5.38 Å². The van der Waals surface area contributed by atoms with Gasteiger partial charge in [0.1, 0.15) is 0 Å². The van der Waals surface area contributed by atoms with E-state index in [4.69, 9.17) is 10.5 Å². The molecule has 3 nitrogen and oxygen atoms in total. The first kappa shape index (κ1) is 9.48. The first-order valence-electron chi connectivity index (χ1n) is 4.01. The lowest BCUT2D eigenvalue weighted by atomic mass is 10.2. The number of anilines is 1. The van der Waals surface area contributed by atoms with Gasteiger partial charge in [-0.15, -0.1) is 11.3 Å². The van der Waals surface area contributed by atoms with Gasteiger partial charge in [-0.2, -0.15) is 0 Å². The highest BCUT2D eigenvalue weighted by molar-refractivity contribution is 7.13. The maximum absolute atomic E-state index is 5.52. The molecule has 68 valence electrons. The second-order valence-corrected chi connectivity index (χ2v) is 3.51. The van der Waals surface area contributed by atoms with Crippen molar-refractivity contribution in [1.29, 1.82) is 0 Å². The van der Waals surface area contributed by atoms with E-state index in [2.05, 4.69) is 11.9 Å². The molecular formula is C8H14N2OS. The van der Waals surface area contributed by atoms with Crippen LogP contribution in [-0.2, 0) is 4.74 Å². The van der Waals surface area contributed by atoms with Gasteiger partial charge in [0.2, 0.25) is 0 Å². The average Bonchev–Trinajstić information content (AvgIpc) is 2.47. The lowest BCUT2D eigenvalue weighted by Crippen LogP contribution is -2.01. The SMILES string of the molecule is CCCC(OC)c1csc(N)n1. The Morgan fingerprint density at radius 2 is 2.50 bits per heavy atom. The lowest BCUT2D eigenvalue weighted by Gasteiger charge is -2.10. The molecule has 0 aliphatic heterocycles. The van der Waals surface area contributed by atoms with Gasteiger partial charge < -0.3 is 10.5 Å². The number of hydrogen-bond donors (Lipinski definition) is 1. The van der Waals surface area contributed by atoms with Gasteiger partial charge >= 0.3 is 0 Å². The molecule has 0 bridgehead atoms. The number of ether oxygens (including phenoxy) is 1. The third kappa shape index (κ3) is 2.19. The van der Waals surface area contributed by atoms with Gasteiger partial charge in [0.15, 0.2) is 5.13 Å². The molecule has 0 saturated carbocycles. The Morgan fingerprint density at radius 3 is 2.92 bits per heavy atom. The van der Waals surface area contributed by atoms with Gasteiger partial charge in [0, 0.05) is 12.5 Å². The zero-order chi connectivity index (χ0) is 8.97. The van der Waals surface area contributed by atoms with Gasteiger partial charge in [0.05, 0.1) is 11.8 Å². The molecular weight excluding hydrogens is 172 g/mol. The van der Waals surface area contributed by atoms with Crippen LogP contribution in [0.4, 0.5) is 5.13 Å². The van der Waals surface area contributed by atoms with Crippen LogP contribution in [0.2, 0.25) is 0 Å².